The molecule has 2 heterocycles. The molecule has 0 amide bonds. The molecule has 6 nitrogen and oxygen atoms in total. The zero-order valence-electron chi connectivity index (χ0n) is 13.6. The van der Waals surface area contributed by atoms with Crippen LogP contribution in [0.2, 0.25) is 0 Å². The molecule has 1 aliphatic heterocycles. The van der Waals surface area contributed by atoms with Gasteiger partial charge in [-0.1, -0.05) is 6.92 Å². The first-order chi connectivity index (χ1) is 10.2. The van der Waals surface area contributed by atoms with E-state index in [9.17, 15) is 0 Å². The number of aromatic nitrogens is 2. The number of hydrogen-bond donors (Lipinski definition) is 1. The van der Waals surface area contributed by atoms with E-state index in [0.29, 0.717) is 19.3 Å². The van der Waals surface area contributed by atoms with Crippen molar-refractivity contribution in [3.8, 4) is 0 Å². The molecule has 0 aliphatic carbocycles. The monoisotopic (exact) mass is 293 g/mol. The number of rotatable bonds is 6. The van der Waals surface area contributed by atoms with Crippen LogP contribution in [0.15, 0.2) is 6.07 Å². The fraction of sp³-hybridized carbons (Fsp3) is 0.733. The first-order valence-corrected chi connectivity index (χ1v) is 7.80. The van der Waals surface area contributed by atoms with Gasteiger partial charge in [-0.2, -0.15) is 0 Å². The Morgan fingerprint density at radius 3 is 2.76 bits per heavy atom. The number of hydrogen-bond acceptors (Lipinski definition) is 6. The second-order valence-corrected chi connectivity index (χ2v) is 5.34. The second-order valence-electron chi connectivity index (χ2n) is 5.34. The summed E-state index contributed by atoms with van der Waals surface area (Å²) in [5, 5.41) is 3.11. The summed E-state index contributed by atoms with van der Waals surface area (Å²) in [4.78, 5) is 13.9. The number of nitrogens with zero attached hydrogens (tertiary/aromatic N) is 4. The molecule has 1 N–H and O–H groups in total. The summed E-state index contributed by atoms with van der Waals surface area (Å²) in [7, 11) is 1.88. The van der Waals surface area contributed by atoms with Gasteiger partial charge in [-0.3, -0.25) is 4.90 Å². The van der Waals surface area contributed by atoms with Gasteiger partial charge < -0.3 is 15.0 Å². The van der Waals surface area contributed by atoms with E-state index >= 15 is 0 Å². The van der Waals surface area contributed by atoms with E-state index in [1.807, 2.05) is 20.0 Å². The number of piperazine rings is 1. The highest BCUT2D eigenvalue weighted by molar-refractivity contribution is 5.49. The summed E-state index contributed by atoms with van der Waals surface area (Å²) in [6.07, 6.45) is 0. The lowest BCUT2D eigenvalue weighted by Crippen LogP contribution is -2.52. The zero-order chi connectivity index (χ0) is 15.2. The number of likely N-dealkylation sites (N-methyl/N-ethyl adjacent to an activating group) is 1. The van der Waals surface area contributed by atoms with Crippen molar-refractivity contribution in [2.75, 3.05) is 50.1 Å². The van der Waals surface area contributed by atoms with Crippen molar-refractivity contribution in [3.63, 3.8) is 0 Å². The molecule has 21 heavy (non-hydrogen) atoms. The second kappa shape index (κ2) is 7.56. The molecule has 0 radical (unpaired) electrons. The molecule has 1 unspecified atom stereocenters. The number of nitrogens with one attached hydrogen (secondary N) is 1. The molecular formula is C15H27N5O. The molecule has 0 saturated carbocycles. The molecule has 1 atom stereocenters. The maximum Gasteiger partial charge on any atom is 0.158 e. The molecular weight excluding hydrogens is 266 g/mol. The van der Waals surface area contributed by atoms with Crippen LogP contribution in [0.3, 0.4) is 0 Å². The first kappa shape index (κ1) is 16.0. The van der Waals surface area contributed by atoms with Crippen LogP contribution in [0.25, 0.3) is 0 Å². The Balaban J connectivity index is 2.14. The van der Waals surface area contributed by atoms with E-state index in [1.54, 1.807) is 0 Å². The minimum Gasteiger partial charge on any atom is -0.374 e. The van der Waals surface area contributed by atoms with Crippen molar-refractivity contribution in [2.45, 2.75) is 33.4 Å². The fourth-order valence-electron chi connectivity index (χ4n) is 2.70. The molecule has 1 aromatic rings. The Labute approximate surface area is 127 Å². The van der Waals surface area contributed by atoms with Crippen molar-refractivity contribution in [2.24, 2.45) is 0 Å². The van der Waals surface area contributed by atoms with Crippen molar-refractivity contribution >= 4 is 11.6 Å². The minimum absolute atomic E-state index is 0.462. The largest absolute Gasteiger partial charge is 0.374 e. The van der Waals surface area contributed by atoms with E-state index in [2.05, 4.69) is 38.9 Å². The lowest BCUT2D eigenvalue weighted by molar-refractivity contribution is 0.128. The van der Waals surface area contributed by atoms with Crippen molar-refractivity contribution < 1.29 is 4.74 Å². The summed E-state index contributed by atoms with van der Waals surface area (Å²) in [6, 6.07) is 2.57. The third kappa shape index (κ3) is 4.04. The molecule has 1 aliphatic rings. The molecule has 0 aromatic carbocycles. The van der Waals surface area contributed by atoms with Crippen LogP contribution < -0.4 is 10.2 Å². The lowest BCUT2D eigenvalue weighted by atomic mass is 10.2. The molecule has 0 spiro atoms. The summed E-state index contributed by atoms with van der Waals surface area (Å²) >= 11 is 0. The topological polar surface area (TPSA) is 53.5 Å². The molecule has 2 rings (SSSR count). The van der Waals surface area contributed by atoms with Crippen LogP contribution >= 0.6 is 0 Å². The molecule has 1 fully saturated rings. The Hall–Kier alpha value is -1.40. The van der Waals surface area contributed by atoms with Gasteiger partial charge in [0.1, 0.15) is 18.2 Å². The minimum atomic E-state index is 0.462. The van der Waals surface area contributed by atoms with Crippen LogP contribution in [0, 0.1) is 0 Å². The predicted molar refractivity (Wildman–Crippen MR) is 85.8 cm³/mol. The maximum atomic E-state index is 5.44. The highest BCUT2D eigenvalue weighted by Crippen LogP contribution is 2.20. The first-order valence-electron chi connectivity index (χ1n) is 7.80. The van der Waals surface area contributed by atoms with Gasteiger partial charge in [0, 0.05) is 45.4 Å². The maximum absolute atomic E-state index is 5.44. The standard InChI is InChI=1S/C15H27N5O/c1-5-19-7-8-20(10-12(19)3)15-9-13(16-4)17-14(18-15)11-21-6-2/h9,12H,5-8,10-11H2,1-4H3,(H,16,17,18). The van der Waals surface area contributed by atoms with Crippen LogP contribution in [0.5, 0.6) is 0 Å². The molecule has 0 bridgehead atoms. The number of anilines is 2. The zero-order valence-corrected chi connectivity index (χ0v) is 13.6. The van der Waals surface area contributed by atoms with E-state index < -0.39 is 0 Å². The predicted octanol–water partition coefficient (Wildman–Crippen LogP) is 1.59. The van der Waals surface area contributed by atoms with Crippen molar-refractivity contribution in [1.82, 2.24) is 14.9 Å². The van der Waals surface area contributed by atoms with Gasteiger partial charge in [0.25, 0.3) is 0 Å². The third-order valence-corrected chi connectivity index (χ3v) is 3.95. The fourth-order valence-corrected chi connectivity index (χ4v) is 2.70. The Morgan fingerprint density at radius 1 is 1.33 bits per heavy atom. The van der Waals surface area contributed by atoms with Gasteiger partial charge >= 0.3 is 0 Å². The molecule has 1 saturated heterocycles. The third-order valence-electron chi connectivity index (χ3n) is 3.95. The van der Waals surface area contributed by atoms with E-state index in [0.717, 1.165) is 43.6 Å². The van der Waals surface area contributed by atoms with Gasteiger partial charge in [0.15, 0.2) is 5.82 Å². The number of ether oxygens (including phenoxy) is 1. The summed E-state index contributed by atoms with van der Waals surface area (Å²) < 4.78 is 5.44. The SMILES string of the molecule is CCOCc1nc(NC)cc(N2CCN(CC)C(C)C2)n1. The van der Waals surface area contributed by atoms with E-state index in [-0.39, 0.29) is 0 Å². The highest BCUT2D eigenvalue weighted by atomic mass is 16.5. The van der Waals surface area contributed by atoms with Crippen LogP contribution in [-0.4, -0.2) is 60.7 Å². The van der Waals surface area contributed by atoms with Crippen LogP contribution in [0.4, 0.5) is 11.6 Å². The van der Waals surface area contributed by atoms with E-state index in [4.69, 9.17) is 4.74 Å². The van der Waals surface area contributed by atoms with Gasteiger partial charge in [0.2, 0.25) is 0 Å². The average molecular weight is 293 g/mol. The average Bonchev–Trinajstić information content (AvgIpc) is 2.52. The molecule has 118 valence electrons. The van der Waals surface area contributed by atoms with Crippen molar-refractivity contribution in [1.29, 1.82) is 0 Å². The summed E-state index contributed by atoms with van der Waals surface area (Å²) in [5.74, 6) is 2.58. The lowest BCUT2D eigenvalue weighted by Gasteiger charge is -2.40. The van der Waals surface area contributed by atoms with Crippen molar-refractivity contribution in [3.05, 3.63) is 11.9 Å². The smallest absolute Gasteiger partial charge is 0.158 e. The van der Waals surface area contributed by atoms with Crippen LogP contribution in [0.1, 0.15) is 26.6 Å². The van der Waals surface area contributed by atoms with Gasteiger partial charge in [0.05, 0.1) is 0 Å². The summed E-state index contributed by atoms with van der Waals surface area (Å²) in [5.41, 5.74) is 0. The molecule has 6 heteroatoms. The quantitative estimate of drug-likeness (QED) is 0.859. The van der Waals surface area contributed by atoms with Gasteiger partial charge in [-0.15, -0.1) is 0 Å². The van der Waals surface area contributed by atoms with E-state index in [1.165, 1.54) is 0 Å². The van der Waals surface area contributed by atoms with Crippen LogP contribution in [-0.2, 0) is 11.3 Å². The molecule has 1 aromatic heterocycles. The Bertz CT molecular complexity index is 454. The summed E-state index contributed by atoms with van der Waals surface area (Å²) in [6.45, 7) is 11.8. The Kier molecular flexibility index (Phi) is 5.76. The highest BCUT2D eigenvalue weighted by Gasteiger charge is 2.23. The normalized spacial score (nSPS) is 19.8. The Morgan fingerprint density at radius 2 is 2.14 bits per heavy atom. The van der Waals surface area contributed by atoms with Gasteiger partial charge in [-0.25, -0.2) is 9.97 Å². The van der Waals surface area contributed by atoms with Gasteiger partial charge in [-0.05, 0) is 20.4 Å².